The van der Waals surface area contributed by atoms with E-state index in [4.69, 9.17) is 0 Å². The van der Waals surface area contributed by atoms with Gasteiger partial charge in [0.2, 0.25) is 0 Å². The molecule has 0 fully saturated rings. The normalized spacial score (nSPS) is 12.9. The molecule has 7 heavy (non-hydrogen) atoms. The molecule has 0 amide bonds. The van der Waals surface area contributed by atoms with Crippen molar-refractivity contribution in [1.82, 2.24) is 0 Å². The Hall–Kier alpha value is 0.587. The molecule has 0 bridgehead atoms. The highest BCUT2D eigenvalue weighted by Gasteiger charge is 2.45. The first kappa shape index (κ1) is 7.59. The Morgan fingerprint density at radius 2 is 1.29 bits per heavy atom. The molecule has 0 aliphatic heterocycles. The molecule has 0 rings (SSSR count). The van der Waals surface area contributed by atoms with Crippen LogP contribution in [-0.4, -0.2) is 13.5 Å². The van der Waals surface area contributed by atoms with E-state index in [-0.39, 0.29) is 0 Å². The summed E-state index contributed by atoms with van der Waals surface area (Å²) in [4.78, 5) is 0. The van der Waals surface area contributed by atoms with Crippen LogP contribution in [0.15, 0.2) is 0 Å². The number of halogens is 5. The predicted octanol–water partition coefficient (Wildman–Crippen LogP) is 2.18. The molecule has 0 atom stereocenters. The van der Waals surface area contributed by atoms with Gasteiger partial charge in [-0.1, -0.05) is 23.2 Å². The average molecular weight is 169 g/mol. The zero-order valence-electron chi connectivity index (χ0n) is 2.97. The number of hydrogen-bond donors (Lipinski definition) is 0. The summed E-state index contributed by atoms with van der Waals surface area (Å²) in [5, 5.41) is 0. The van der Waals surface area contributed by atoms with Gasteiger partial charge in [-0.05, 0) is 0 Å². The van der Waals surface area contributed by atoms with Crippen LogP contribution >= 0.6 is 23.2 Å². The highest BCUT2D eigenvalue weighted by Crippen LogP contribution is 2.21. The second kappa shape index (κ2) is 2.24. The van der Waals surface area contributed by atoms with Crippen molar-refractivity contribution in [3.05, 3.63) is 0 Å². The SMILES string of the molecule is F[Si](F)(F)C(Cl)Cl. The van der Waals surface area contributed by atoms with Gasteiger partial charge in [0.1, 0.15) is 0 Å². The summed E-state index contributed by atoms with van der Waals surface area (Å²) in [5.41, 5.74) is 0. The molecule has 0 aromatic heterocycles. The molecule has 0 heterocycles. The zero-order chi connectivity index (χ0) is 6.08. The van der Waals surface area contributed by atoms with Crippen molar-refractivity contribution < 1.29 is 12.3 Å². The molecule has 0 aromatic carbocycles. The molecule has 0 N–H and O–H groups in total. The van der Waals surface area contributed by atoms with Crippen molar-refractivity contribution in [1.29, 1.82) is 0 Å². The lowest BCUT2D eigenvalue weighted by atomic mass is 11.9. The maximum absolute atomic E-state index is 11.1. The van der Waals surface area contributed by atoms with Crippen molar-refractivity contribution in [2.45, 2.75) is 4.46 Å². The third kappa shape index (κ3) is 3.19. The summed E-state index contributed by atoms with van der Waals surface area (Å²) in [6.45, 7) is 0. The lowest BCUT2D eigenvalue weighted by molar-refractivity contribution is 0.478. The van der Waals surface area contributed by atoms with E-state index >= 15 is 0 Å². The molecule has 0 aromatic rings. The van der Waals surface area contributed by atoms with Gasteiger partial charge in [-0.15, -0.1) is 0 Å². The number of hydrogen-bond acceptors (Lipinski definition) is 0. The van der Waals surface area contributed by atoms with E-state index in [9.17, 15) is 12.3 Å². The Morgan fingerprint density at radius 1 is 1.14 bits per heavy atom. The van der Waals surface area contributed by atoms with Gasteiger partial charge in [0.05, 0.1) is 0 Å². The van der Waals surface area contributed by atoms with Crippen LogP contribution in [0.25, 0.3) is 0 Å². The highest BCUT2D eigenvalue weighted by atomic mass is 35.5. The first-order chi connectivity index (χ1) is 2.94. The summed E-state index contributed by atoms with van der Waals surface area (Å²) in [6.07, 6.45) is 0. The molecule has 0 saturated carbocycles. The predicted molar refractivity (Wildman–Crippen MR) is 24.6 cm³/mol. The maximum Gasteiger partial charge on any atom is 0.651 e. The second-order valence-corrected chi connectivity index (χ2v) is 4.33. The lowest BCUT2D eigenvalue weighted by Crippen LogP contribution is -2.24. The van der Waals surface area contributed by atoms with Crippen molar-refractivity contribution in [2.75, 3.05) is 0 Å². The van der Waals surface area contributed by atoms with Crippen LogP contribution < -0.4 is 0 Å². The van der Waals surface area contributed by atoms with Crippen LogP contribution in [0.4, 0.5) is 12.3 Å². The Labute approximate surface area is 49.7 Å². The van der Waals surface area contributed by atoms with Crippen molar-refractivity contribution >= 4 is 32.3 Å². The molecule has 0 saturated heterocycles. The van der Waals surface area contributed by atoms with Crippen LogP contribution in [0, 0.1) is 0 Å². The lowest BCUT2D eigenvalue weighted by Gasteiger charge is -1.98. The van der Waals surface area contributed by atoms with E-state index in [2.05, 4.69) is 23.2 Å². The van der Waals surface area contributed by atoms with Gasteiger partial charge < -0.3 is 0 Å². The van der Waals surface area contributed by atoms with Crippen LogP contribution in [0.3, 0.4) is 0 Å². The van der Waals surface area contributed by atoms with Gasteiger partial charge in [-0.25, -0.2) is 12.3 Å². The first-order valence-corrected chi connectivity index (χ1v) is 3.88. The molecule has 0 radical (unpaired) electrons. The van der Waals surface area contributed by atoms with Gasteiger partial charge in [-0.3, -0.25) is 0 Å². The highest BCUT2D eigenvalue weighted by molar-refractivity contribution is 6.80. The minimum atomic E-state index is -5.70. The molecule has 0 unspecified atom stereocenters. The molecule has 0 aliphatic rings. The second-order valence-electron chi connectivity index (χ2n) is 0.842. The summed E-state index contributed by atoms with van der Waals surface area (Å²) < 4.78 is 31.0. The van der Waals surface area contributed by atoms with Crippen LogP contribution in [0.2, 0.25) is 0 Å². The summed E-state index contributed by atoms with van der Waals surface area (Å²) in [7, 11) is -5.70. The van der Waals surface area contributed by atoms with Crippen LogP contribution in [0.5, 0.6) is 0 Å². The van der Waals surface area contributed by atoms with Gasteiger partial charge in [0.15, 0.2) is 4.46 Å². The monoisotopic (exact) mass is 168 g/mol. The largest absolute Gasteiger partial charge is 0.651 e. The van der Waals surface area contributed by atoms with E-state index in [1.54, 1.807) is 0 Å². The summed E-state index contributed by atoms with van der Waals surface area (Å²) >= 11 is 8.91. The van der Waals surface area contributed by atoms with Gasteiger partial charge >= 0.3 is 9.08 Å². The quantitative estimate of drug-likeness (QED) is 0.320. The van der Waals surface area contributed by atoms with E-state index in [0.717, 1.165) is 0 Å². The molecular formula is CHCl2F3Si. The molecular weight excluding hydrogens is 168 g/mol. The number of rotatable bonds is 1. The van der Waals surface area contributed by atoms with Gasteiger partial charge in [0.25, 0.3) is 0 Å². The van der Waals surface area contributed by atoms with Crippen molar-refractivity contribution in [2.24, 2.45) is 0 Å². The maximum atomic E-state index is 11.1. The number of alkyl halides is 2. The molecule has 0 spiro atoms. The average Bonchev–Trinajstić information content (AvgIpc) is 1.31. The topological polar surface area (TPSA) is 0 Å². The first-order valence-electron chi connectivity index (χ1n) is 1.29. The minimum absolute atomic E-state index is 2.12. The smallest absolute Gasteiger partial charge is 0.236 e. The Morgan fingerprint density at radius 3 is 1.29 bits per heavy atom. The third-order valence-electron chi connectivity index (χ3n) is 0.247. The summed E-state index contributed by atoms with van der Waals surface area (Å²) in [5.74, 6) is 0. The fourth-order valence-corrected chi connectivity index (χ4v) is 0. The third-order valence-corrected chi connectivity index (χ3v) is 2.23. The Kier molecular flexibility index (Phi) is 2.42. The van der Waals surface area contributed by atoms with E-state index in [1.165, 1.54) is 0 Å². The standard InChI is InChI=1S/CHCl2F3Si/c2-1(3)7(4,5)6/h1H. The van der Waals surface area contributed by atoms with Gasteiger partial charge in [-0.2, -0.15) is 0 Å². The molecule has 44 valence electrons. The van der Waals surface area contributed by atoms with E-state index in [1.807, 2.05) is 0 Å². The van der Waals surface area contributed by atoms with E-state index in [0.29, 0.717) is 0 Å². The molecule has 6 heteroatoms. The molecule has 0 aliphatic carbocycles. The van der Waals surface area contributed by atoms with Gasteiger partial charge in [0, 0.05) is 0 Å². The summed E-state index contributed by atoms with van der Waals surface area (Å²) in [6, 6.07) is 0. The van der Waals surface area contributed by atoms with E-state index < -0.39 is 13.5 Å². The Bertz CT molecular complexity index is 58.4. The fraction of sp³-hybridized carbons (Fsp3) is 1.00. The zero-order valence-corrected chi connectivity index (χ0v) is 5.48. The molecule has 0 nitrogen and oxygen atoms in total. The van der Waals surface area contributed by atoms with Crippen molar-refractivity contribution in [3.8, 4) is 0 Å². The fourth-order valence-electron chi connectivity index (χ4n) is 0. The van der Waals surface area contributed by atoms with Crippen LogP contribution in [-0.2, 0) is 0 Å². The Balaban J connectivity index is 3.54. The van der Waals surface area contributed by atoms with Crippen LogP contribution in [0.1, 0.15) is 0 Å². The van der Waals surface area contributed by atoms with Crippen molar-refractivity contribution in [3.63, 3.8) is 0 Å². The minimum Gasteiger partial charge on any atom is -0.236 e.